The molecule has 2 aliphatic rings. The number of aromatic nitrogens is 2. The number of carbonyl (C=O) groups excluding carboxylic acids is 2. The highest BCUT2D eigenvalue weighted by Gasteiger charge is 2.55. The number of carbonyl (C=O) groups is 2. The van der Waals surface area contributed by atoms with E-state index in [2.05, 4.69) is 34.1 Å². The number of benzene rings is 3. The van der Waals surface area contributed by atoms with Crippen molar-refractivity contribution in [2.45, 2.75) is 38.3 Å². The molecule has 2 aliphatic heterocycles. The third-order valence-corrected chi connectivity index (χ3v) is 8.99. The number of para-hydroxylation sites is 2. The van der Waals surface area contributed by atoms with E-state index in [4.69, 9.17) is 4.74 Å². The summed E-state index contributed by atoms with van der Waals surface area (Å²) in [5.41, 5.74) is 3.93. The topological polar surface area (TPSA) is 87.6 Å². The summed E-state index contributed by atoms with van der Waals surface area (Å²) in [4.78, 5) is 46.0. The van der Waals surface area contributed by atoms with Crippen molar-refractivity contribution in [2.75, 3.05) is 33.3 Å². The standard InChI is InChI=1S/C33H36N4O4/c1-41-30(38)26-12-7-9-24(21-26)22-36-23-27(25-10-3-2-4-11-25)33(31(36)39)15-19-35(20-16-33)17-8-18-37-29-14-6-5-13-28(29)34-32(37)40/h2-7,9-14,21,27H,8,15-20,22-23H2,1H3,(H,34,40). The molecule has 6 rings (SSSR count). The Labute approximate surface area is 239 Å². The van der Waals surface area contributed by atoms with Gasteiger partial charge in [0.05, 0.1) is 29.1 Å². The second-order valence-electron chi connectivity index (χ2n) is 11.3. The van der Waals surface area contributed by atoms with Crippen LogP contribution in [0.2, 0.25) is 0 Å². The van der Waals surface area contributed by atoms with Crippen LogP contribution in [0.3, 0.4) is 0 Å². The van der Waals surface area contributed by atoms with Gasteiger partial charge in [0.1, 0.15) is 0 Å². The maximum atomic E-state index is 14.2. The molecule has 0 bridgehead atoms. The normalized spacial score (nSPS) is 18.8. The number of nitrogens with zero attached hydrogens (tertiary/aromatic N) is 3. The molecule has 3 heterocycles. The lowest BCUT2D eigenvalue weighted by Gasteiger charge is -2.41. The molecule has 0 saturated carbocycles. The minimum absolute atomic E-state index is 0.0664. The van der Waals surface area contributed by atoms with Gasteiger partial charge in [0, 0.05) is 25.6 Å². The second kappa shape index (κ2) is 11.4. The van der Waals surface area contributed by atoms with Gasteiger partial charge in [0.25, 0.3) is 0 Å². The molecule has 41 heavy (non-hydrogen) atoms. The van der Waals surface area contributed by atoms with E-state index >= 15 is 0 Å². The Kier molecular flexibility index (Phi) is 7.49. The number of aromatic amines is 1. The molecule has 0 radical (unpaired) electrons. The highest BCUT2D eigenvalue weighted by Crippen LogP contribution is 2.51. The first-order valence-corrected chi connectivity index (χ1v) is 14.4. The minimum atomic E-state index is -0.439. The molecule has 1 N–H and O–H groups in total. The Morgan fingerprint density at radius 2 is 1.71 bits per heavy atom. The van der Waals surface area contributed by atoms with Crippen molar-refractivity contribution < 1.29 is 14.3 Å². The number of hydrogen-bond acceptors (Lipinski definition) is 5. The van der Waals surface area contributed by atoms with Crippen LogP contribution in [0, 0.1) is 5.41 Å². The molecule has 1 unspecified atom stereocenters. The van der Waals surface area contributed by atoms with Crippen molar-refractivity contribution in [3.05, 3.63) is 106 Å². The zero-order chi connectivity index (χ0) is 28.4. The Morgan fingerprint density at radius 3 is 2.49 bits per heavy atom. The highest BCUT2D eigenvalue weighted by atomic mass is 16.5. The van der Waals surface area contributed by atoms with Crippen LogP contribution in [0.15, 0.2) is 83.7 Å². The predicted molar refractivity (Wildman–Crippen MR) is 158 cm³/mol. The van der Waals surface area contributed by atoms with Crippen molar-refractivity contribution in [2.24, 2.45) is 5.41 Å². The number of rotatable bonds is 8. The first kappa shape index (κ1) is 27.0. The first-order valence-electron chi connectivity index (χ1n) is 14.4. The number of esters is 1. The van der Waals surface area contributed by atoms with Crippen molar-refractivity contribution in [3.8, 4) is 0 Å². The fraction of sp³-hybridized carbons (Fsp3) is 0.364. The Morgan fingerprint density at radius 1 is 0.951 bits per heavy atom. The van der Waals surface area contributed by atoms with Gasteiger partial charge in [0.2, 0.25) is 5.91 Å². The van der Waals surface area contributed by atoms with Crippen molar-refractivity contribution in [1.82, 2.24) is 19.4 Å². The summed E-state index contributed by atoms with van der Waals surface area (Å²) in [5, 5.41) is 0. The van der Waals surface area contributed by atoms with Gasteiger partial charge in [-0.05, 0) is 74.3 Å². The van der Waals surface area contributed by atoms with E-state index in [0.29, 0.717) is 25.2 Å². The molecule has 0 aliphatic carbocycles. The third kappa shape index (κ3) is 5.20. The number of ether oxygens (including phenoxy) is 1. The summed E-state index contributed by atoms with van der Waals surface area (Å²) in [5.74, 6) is -0.0491. The van der Waals surface area contributed by atoms with Gasteiger partial charge in [-0.25, -0.2) is 9.59 Å². The van der Waals surface area contributed by atoms with Crippen LogP contribution in [0.25, 0.3) is 11.0 Å². The van der Waals surface area contributed by atoms with Crippen molar-refractivity contribution >= 4 is 22.9 Å². The van der Waals surface area contributed by atoms with Crippen LogP contribution in [0.5, 0.6) is 0 Å². The molecule has 8 nitrogen and oxygen atoms in total. The molecule has 212 valence electrons. The summed E-state index contributed by atoms with van der Waals surface area (Å²) in [6.45, 7) is 4.38. The van der Waals surface area contributed by atoms with Crippen LogP contribution in [0.1, 0.15) is 46.7 Å². The highest BCUT2D eigenvalue weighted by molar-refractivity contribution is 5.90. The van der Waals surface area contributed by atoms with E-state index in [-0.39, 0.29) is 23.5 Å². The summed E-state index contributed by atoms with van der Waals surface area (Å²) in [6, 6.07) is 25.6. The zero-order valence-corrected chi connectivity index (χ0v) is 23.4. The van der Waals surface area contributed by atoms with Gasteiger partial charge >= 0.3 is 11.7 Å². The maximum Gasteiger partial charge on any atom is 0.337 e. The van der Waals surface area contributed by atoms with E-state index in [1.807, 2.05) is 58.0 Å². The predicted octanol–water partition coefficient (Wildman–Crippen LogP) is 4.41. The number of hydrogen-bond donors (Lipinski definition) is 1. The number of nitrogens with one attached hydrogen (secondary N) is 1. The number of imidazole rings is 1. The number of aryl methyl sites for hydroxylation is 1. The Bertz CT molecular complexity index is 1600. The average Bonchev–Trinajstić information content (AvgIpc) is 3.47. The molecular formula is C33H36N4O4. The number of H-pyrrole nitrogens is 1. The monoisotopic (exact) mass is 552 g/mol. The smallest absolute Gasteiger partial charge is 0.337 e. The number of amides is 1. The van der Waals surface area contributed by atoms with Gasteiger partial charge in [-0.15, -0.1) is 0 Å². The van der Waals surface area contributed by atoms with Gasteiger partial charge in [0.15, 0.2) is 0 Å². The number of methoxy groups -OCH3 is 1. The summed E-state index contributed by atoms with van der Waals surface area (Å²) >= 11 is 0. The second-order valence-corrected chi connectivity index (χ2v) is 11.3. The Hall–Kier alpha value is -4.17. The molecular weight excluding hydrogens is 516 g/mol. The van der Waals surface area contributed by atoms with E-state index in [1.54, 1.807) is 6.07 Å². The fourth-order valence-corrected chi connectivity index (χ4v) is 6.84. The van der Waals surface area contributed by atoms with E-state index in [9.17, 15) is 14.4 Å². The lowest BCUT2D eigenvalue weighted by atomic mass is 9.68. The molecule has 4 aromatic rings. The number of fused-ring (bicyclic) bond motifs is 1. The van der Waals surface area contributed by atoms with Crippen LogP contribution < -0.4 is 5.69 Å². The van der Waals surface area contributed by atoms with Crippen LogP contribution in [0.4, 0.5) is 0 Å². The van der Waals surface area contributed by atoms with Crippen LogP contribution in [-0.2, 0) is 22.6 Å². The van der Waals surface area contributed by atoms with Gasteiger partial charge in [-0.1, -0.05) is 54.6 Å². The zero-order valence-electron chi connectivity index (χ0n) is 23.4. The molecule has 1 aromatic heterocycles. The fourth-order valence-electron chi connectivity index (χ4n) is 6.84. The summed E-state index contributed by atoms with van der Waals surface area (Å²) in [7, 11) is 1.38. The van der Waals surface area contributed by atoms with Crippen LogP contribution >= 0.6 is 0 Å². The maximum absolute atomic E-state index is 14.2. The van der Waals surface area contributed by atoms with Crippen molar-refractivity contribution in [3.63, 3.8) is 0 Å². The Balaban J connectivity index is 1.15. The van der Waals surface area contributed by atoms with E-state index in [1.165, 1.54) is 12.7 Å². The van der Waals surface area contributed by atoms with Crippen LogP contribution in [-0.4, -0.2) is 64.5 Å². The van der Waals surface area contributed by atoms with Gasteiger partial charge in [-0.3, -0.25) is 9.36 Å². The average molecular weight is 553 g/mol. The summed E-state index contributed by atoms with van der Waals surface area (Å²) in [6.07, 6.45) is 2.47. The molecule has 1 spiro atoms. The number of piperidine rings is 1. The minimum Gasteiger partial charge on any atom is -0.465 e. The molecule has 2 saturated heterocycles. The lowest BCUT2D eigenvalue weighted by molar-refractivity contribution is -0.139. The SMILES string of the molecule is COC(=O)c1cccc(CN2CC(c3ccccc3)C3(CCN(CCCn4c(=O)[nH]c5ccccc54)CC3)C2=O)c1. The third-order valence-electron chi connectivity index (χ3n) is 8.99. The largest absolute Gasteiger partial charge is 0.465 e. The summed E-state index contributed by atoms with van der Waals surface area (Å²) < 4.78 is 6.71. The molecule has 8 heteroatoms. The van der Waals surface area contributed by atoms with E-state index in [0.717, 1.165) is 55.5 Å². The molecule has 2 fully saturated rings. The lowest BCUT2D eigenvalue weighted by Crippen LogP contribution is -2.46. The van der Waals surface area contributed by atoms with Crippen molar-refractivity contribution in [1.29, 1.82) is 0 Å². The number of likely N-dealkylation sites (tertiary alicyclic amines) is 2. The molecule has 1 amide bonds. The molecule has 1 atom stereocenters. The first-order chi connectivity index (χ1) is 20.0. The molecule has 3 aromatic carbocycles. The van der Waals surface area contributed by atoms with Gasteiger partial charge < -0.3 is 19.5 Å². The van der Waals surface area contributed by atoms with E-state index < -0.39 is 5.41 Å². The quantitative estimate of drug-likeness (QED) is 0.327. The van der Waals surface area contributed by atoms with Gasteiger partial charge in [-0.2, -0.15) is 0 Å².